The van der Waals surface area contributed by atoms with Crippen LogP contribution < -0.4 is 0 Å². The fraction of sp³-hybridized carbons (Fsp3) is 0.0588. The minimum Gasteiger partial charge on any atom is -0.477 e. The van der Waals surface area contributed by atoms with Crippen molar-refractivity contribution >= 4 is 17.3 Å². The second-order valence-electron chi connectivity index (χ2n) is 4.77. The zero-order valence-electron chi connectivity index (χ0n) is 11.5. The monoisotopic (exact) mass is 313 g/mol. The lowest BCUT2D eigenvalue weighted by Gasteiger charge is -1.99. The molecule has 0 atom stereocenters. The topological polar surface area (TPSA) is 50.2 Å². The summed E-state index contributed by atoms with van der Waals surface area (Å²) in [5, 5.41) is 9.87. The van der Waals surface area contributed by atoms with Gasteiger partial charge in [0.15, 0.2) is 0 Å². The van der Waals surface area contributed by atoms with E-state index >= 15 is 0 Å². The van der Waals surface area contributed by atoms with Gasteiger partial charge in [-0.2, -0.15) is 0 Å². The number of hydrogen-bond acceptors (Lipinski definition) is 3. The number of thiazole rings is 1. The molecule has 22 heavy (non-hydrogen) atoms. The molecule has 2 aromatic carbocycles. The largest absolute Gasteiger partial charge is 0.477 e. The minimum absolute atomic E-state index is 0.197. The van der Waals surface area contributed by atoms with Gasteiger partial charge < -0.3 is 5.11 Å². The van der Waals surface area contributed by atoms with Crippen LogP contribution in [0.4, 0.5) is 4.39 Å². The number of rotatable bonds is 4. The van der Waals surface area contributed by atoms with Gasteiger partial charge in [-0.25, -0.2) is 14.2 Å². The fourth-order valence-corrected chi connectivity index (χ4v) is 3.09. The Morgan fingerprint density at radius 1 is 1.14 bits per heavy atom. The fourth-order valence-electron chi connectivity index (χ4n) is 2.17. The van der Waals surface area contributed by atoms with Crippen LogP contribution in [-0.2, 0) is 6.42 Å². The summed E-state index contributed by atoms with van der Waals surface area (Å²) in [6, 6.07) is 15.6. The molecule has 1 aromatic heterocycles. The van der Waals surface area contributed by atoms with Gasteiger partial charge in [0.05, 0.1) is 5.69 Å². The highest BCUT2D eigenvalue weighted by atomic mass is 32.1. The lowest BCUT2D eigenvalue weighted by molar-refractivity contribution is 0.0701. The maximum atomic E-state index is 13.3. The SMILES string of the molecule is O=C(O)c1sc(-c2cccc(F)c2)nc1Cc1ccccc1. The Labute approximate surface area is 130 Å². The first-order valence-corrected chi connectivity index (χ1v) is 7.48. The summed E-state index contributed by atoms with van der Waals surface area (Å²) >= 11 is 1.07. The standard InChI is InChI=1S/C17H12FNO2S/c18-13-8-4-7-12(10-13)16-19-14(15(22-16)17(20)21)9-11-5-2-1-3-6-11/h1-8,10H,9H2,(H,20,21). The molecule has 5 heteroatoms. The first kappa shape index (κ1) is 14.4. The number of carboxylic acid groups (broad SMARTS) is 1. The van der Waals surface area contributed by atoms with Crippen LogP contribution >= 0.6 is 11.3 Å². The van der Waals surface area contributed by atoms with Gasteiger partial charge in [-0.05, 0) is 17.7 Å². The predicted molar refractivity (Wildman–Crippen MR) is 83.7 cm³/mol. The summed E-state index contributed by atoms with van der Waals surface area (Å²) in [5.41, 5.74) is 2.08. The molecule has 0 fully saturated rings. The summed E-state index contributed by atoms with van der Waals surface area (Å²) in [5.74, 6) is -1.37. The summed E-state index contributed by atoms with van der Waals surface area (Å²) in [4.78, 5) is 16.0. The number of benzene rings is 2. The van der Waals surface area contributed by atoms with Crippen molar-refractivity contribution in [3.05, 3.63) is 76.5 Å². The smallest absolute Gasteiger partial charge is 0.347 e. The van der Waals surface area contributed by atoms with E-state index in [1.54, 1.807) is 12.1 Å². The molecule has 3 aromatic rings. The molecule has 3 rings (SSSR count). The maximum Gasteiger partial charge on any atom is 0.347 e. The lowest BCUT2D eigenvalue weighted by atomic mass is 10.1. The number of nitrogens with zero attached hydrogens (tertiary/aromatic N) is 1. The molecule has 1 heterocycles. The highest BCUT2D eigenvalue weighted by Gasteiger charge is 2.18. The van der Waals surface area contributed by atoms with E-state index in [4.69, 9.17) is 0 Å². The molecule has 0 radical (unpaired) electrons. The van der Waals surface area contributed by atoms with Gasteiger partial charge in [-0.1, -0.05) is 42.5 Å². The number of aromatic nitrogens is 1. The lowest BCUT2D eigenvalue weighted by Crippen LogP contribution is -1.99. The Bertz CT molecular complexity index is 815. The molecular weight excluding hydrogens is 301 g/mol. The van der Waals surface area contributed by atoms with Crippen LogP contribution in [-0.4, -0.2) is 16.1 Å². The van der Waals surface area contributed by atoms with Gasteiger partial charge >= 0.3 is 5.97 Å². The van der Waals surface area contributed by atoms with Crippen LogP contribution in [0.5, 0.6) is 0 Å². The molecule has 1 N–H and O–H groups in total. The van der Waals surface area contributed by atoms with Crippen LogP contribution in [0.2, 0.25) is 0 Å². The van der Waals surface area contributed by atoms with Gasteiger partial charge in [0.2, 0.25) is 0 Å². The highest BCUT2D eigenvalue weighted by molar-refractivity contribution is 7.17. The van der Waals surface area contributed by atoms with Crippen molar-refractivity contribution in [3.8, 4) is 10.6 Å². The molecule has 0 saturated heterocycles. The van der Waals surface area contributed by atoms with Crippen molar-refractivity contribution in [2.45, 2.75) is 6.42 Å². The van der Waals surface area contributed by atoms with Gasteiger partial charge in [-0.3, -0.25) is 0 Å². The minimum atomic E-state index is -1.01. The molecule has 0 aliphatic rings. The van der Waals surface area contributed by atoms with E-state index in [0.717, 1.165) is 16.9 Å². The van der Waals surface area contributed by atoms with Gasteiger partial charge in [0.1, 0.15) is 15.7 Å². The van der Waals surface area contributed by atoms with E-state index in [1.165, 1.54) is 12.1 Å². The molecule has 3 nitrogen and oxygen atoms in total. The average molecular weight is 313 g/mol. The van der Waals surface area contributed by atoms with E-state index in [0.29, 0.717) is 22.7 Å². The van der Waals surface area contributed by atoms with Crippen LogP contribution in [0, 0.1) is 5.82 Å². The van der Waals surface area contributed by atoms with E-state index < -0.39 is 5.97 Å². The van der Waals surface area contributed by atoms with Crippen molar-refractivity contribution in [2.75, 3.05) is 0 Å². The molecule has 0 saturated carbocycles. The second kappa shape index (κ2) is 6.07. The zero-order chi connectivity index (χ0) is 15.5. The molecule has 0 bridgehead atoms. The Morgan fingerprint density at radius 3 is 2.59 bits per heavy atom. The van der Waals surface area contributed by atoms with Gasteiger partial charge in [-0.15, -0.1) is 11.3 Å². The third-order valence-corrected chi connectivity index (χ3v) is 4.31. The van der Waals surface area contributed by atoms with E-state index in [9.17, 15) is 14.3 Å². The number of hydrogen-bond donors (Lipinski definition) is 1. The van der Waals surface area contributed by atoms with Crippen LogP contribution in [0.15, 0.2) is 54.6 Å². The van der Waals surface area contributed by atoms with Crippen molar-refractivity contribution < 1.29 is 14.3 Å². The summed E-state index contributed by atoms with van der Waals surface area (Å²) in [6.45, 7) is 0. The van der Waals surface area contributed by atoms with E-state index in [-0.39, 0.29) is 10.7 Å². The van der Waals surface area contributed by atoms with Crippen LogP contribution in [0.25, 0.3) is 10.6 Å². The summed E-state index contributed by atoms with van der Waals surface area (Å²) in [7, 11) is 0. The molecular formula is C17H12FNO2S. The van der Waals surface area contributed by atoms with Crippen molar-refractivity contribution in [1.29, 1.82) is 0 Å². The normalized spacial score (nSPS) is 10.6. The Hall–Kier alpha value is -2.53. The van der Waals surface area contributed by atoms with Crippen molar-refractivity contribution in [2.24, 2.45) is 0 Å². The molecule has 0 aliphatic carbocycles. The molecule has 0 amide bonds. The summed E-state index contributed by atoms with van der Waals surface area (Å²) < 4.78 is 13.3. The van der Waals surface area contributed by atoms with E-state index in [2.05, 4.69) is 4.98 Å². The van der Waals surface area contributed by atoms with Gasteiger partial charge in [0.25, 0.3) is 0 Å². The number of carbonyl (C=O) groups is 1. The van der Waals surface area contributed by atoms with Gasteiger partial charge in [0, 0.05) is 12.0 Å². The number of aromatic carboxylic acids is 1. The third-order valence-electron chi connectivity index (χ3n) is 3.18. The summed E-state index contributed by atoms with van der Waals surface area (Å²) in [6.07, 6.45) is 0.439. The number of carboxylic acids is 1. The molecule has 110 valence electrons. The Balaban J connectivity index is 2.01. The quantitative estimate of drug-likeness (QED) is 0.784. The third kappa shape index (κ3) is 3.04. The molecule has 0 aliphatic heterocycles. The zero-order valence-corrected chi connectivity index (χ0v) is 12.3. The van der Waals surface area contributed by atoms with Crippen LogP contribution in [0.3, 0.4) is 0 Å². The molecule has 0 spiro atoms. The predicted octanol–water partition coefficient (Wildman–Crippen LogP) is 4.24. The highest BCUT2D eigenvalue weighted by Crippen LogP contribution is 2.29. The van der Waals surface area contributed by atoms with Crippen molar-refractivity contribution in [3.63, 3.8) is 0 Å². The van der Waals surface area contributed by atoms with E-state index in [1.807, 2.05) is 30.3 Å². The van der Waals surface area contributed by atoms with Crippen molar-refractivity contribution in [1.82, 2.24) is 4.98 Å². The Morgan fingerprint density at radius 2 is 1.91 bits per heavy atom. The maximum absolute atomic E-state index is 13.3. The second-order valence-corrected chi connectivity index (χ2v) is 5.77. The van der Waals surface area contributed by atoms with Crippen LogP contribution in [0.1, 0.15) is 20.9 Å². The number of halogens is 1. The average Bonchev–Trinajstić information content (AvgIpc) is 2.92. The Kier molecular flexibility index (Phi) is 3.98. The first-order chi connectivity index (χ1) is 10.6. The molecule has 0 unspecified atom stereocenters. The first-order valence-electron chi connectivity index (χ1n) is 6.66.